The number of benzene rings is 1. The van der Waals surface area contributed by atoms with E-state index in [1.807, 2.05) is 24.3 Å². The van der Waals surface area contributed by atoms with Crippen LogP contribution in [0.3, 0.4) is 0 Å². The highest BCUT2D eigenvalue weighted by atomic mass is 16.3. The van der Waals surface area contributed by atoms with Crippen LogP contribution in [0, 0.1) is 0 Å². The van der Waals surface area contributed by atoms with Crippen molar-refractivity contribution in [3.05, 3.63) is 48.6 Å². The number of aliphatic hydroxyl groups is 1. The topological polar surface area (TPSA) is 20.2 Å². The lowest BCUT2D eigenvalue weighted by molar-refractivity contribution is 0.260. The Labute approximate surface area is 79.7 Å². The molecule has 0 saturated heterocycles. The Morgan fingerprint density at radius 2 is 2.00 bits per heavy atom. The lowest BCUT2D eigenvalue weighted by Crippen LogP contribution is -2.03. The minimum Gasteiger partial charge on any atom is -0.396 e. The van der Waals surface area contributed by atoms with Crippen LogP contribution in [0.15, 0.2) is 43.0 Å². The molecule has 0 aliphatic rings. The number of allylic oxidation sites excluding steroid dienone is 1. The summed E-state index contributed by atoms with van der Waals surface area (Å²) in [5.74, 6) is 0.263. The number of hydrogen-bond donors (Lipinski definition) is 1. The Balaban J connectivity index is 2.61. The molecule has 0 aliphatic heterocycles. The molecule has 1 heteroatoms. The van der Waals surface area contributed by atoms with Gasteiger partial charge in [-0.15, -0.1) is 6.58 Å². The van der Waals surface area contributed by atoms with Crippen molar-refractivity contribution < 1.29 is 5.11 Å². The first-order valence-electron chi connectivity index (χ1n) is 4.65. The Morgan fingerprint density at radius 3 is 2.54 bits per heavy atom. The maximum Gasteiger partial charge on any atom is 0.0499 e. The van der Waals surface area contributed by atoms with Gasteiger partial charge >= 0.3 is 0 Å². The van der Waals surface area contributed by atoms with Crippen molar-refractivity contribution in [2.45, 2.75) is 18.8 Å². The molecule has 0 bridgehead atoms. The van der Waals surface area contributed by atoms with Gasteiger partial charge in [0.25, 0.3) is 0 Å². The van der Waals surface area contributed by atoms with E-state index in [1.54, 1.807) is 0 Å². The average Bonchev–Trinajstić information content (AvgIpc) is 2.21. The van der Waals surface area contributed by atoms with Gasteiger partial charge in [0.1, 0.15) is 0 Å². The second-order valence-electron chi connectivity index (χ2n) is 3.16. The molecule has 1 atom stereocenters. The summed E-state index contributed by atoms with van der Waals surface area (Å²) < 4.78 is 0. The predicted molar refractivity (Wildman–Crippen MR) is 55.7 cm³/mol. The zero-order chi connectivity index (χ0) is 9.52. The summed E-state index contributed by atoms with van der Waals surface area (Å²) in [5, 5.41) is 9.17. The van der Waals surface area contributed by atoms with Crippen LogP contribution >= 0.6 is 0 Å². The molecule has 0 aliphatic carbocycles. The molecule has 1 N–H and O–H groups in total. The van der Waals surface area contributed by atoms with Gasteiger partial charge in [-0.3, -0.25) is 0 Å². The molecule has 1 aromatic carbocycles. The molecule has 1 unspecified atom stereocenters. The van der Waals surface area contributed by atoms with Crippen LogP contribution in [0.1, 0.15) is 24.3 Å². The fourth-order valence-electron chi connectivity index (χ4n) is 1.41. The van der Waals surface area contributed by atoms with Crippen LogP contribution in [-0.2, 0) is 0 Å². The highest BCUT2D eigenvalue weighted by Crippen LogP contribution is 2.20. The molecule has 1 rings (SSSR count). The van der Waals surface area contributed by atoms with E-state index in [-0.39, 0.29) is 12.5 Å². The monoisotopic (exact) mass is 176 g/mol. The third-order valence-electron chi connectivity index (χ3n) is 2.21. The van der Waals surface area contributed by atoms with Gasteiger partial charge in [-0.05, 0) is 18.4 Å². The average molecular weight is 176 g/mol. The molecule has 0 saturated carbocycles. The molecular formula is C12H16O. The van der Waals surface area contributed by atoms with Crippen LogP contribution in [0.2, 0.25) is 0 Å². The fourth-order valence-corrected chi connectivity index (χ4v) is 1.41. The molecule has 0 spiro atoms. The first-order chi connectivity index (χ1) is 6.38. The van der Waals surface area contributed by atoms with Crippen molar-refractivity contribution in [1.29, 1.82) is 0 Å². The summed E-state index contributed by atoms with van der Waals surface area (Å²) in [4.78, 5) is 0. The van der Waals surface area contributed by atoms with Crippen molar-refractivity contribution in [2.75, 3.05) is 6.61 Å². The molecular weight excluding hydrogens is 160 g/mol. The van der Waals surface area contributed by atoms with Crippen molar-refractivity contribution in [3.8, 4) is 0 Å². The predicted octanol–water partition coefficient (Wildman–Crippen LogP) is 2.73. The van der Waals surface area contributed by atoms with E-state index in [0.717, 1.165) is 12.8 Å². The zero-order valence-electron chi connectivity index (χ0n) is 7.82. The van der Waals surface area contributed by atoms with Crippen molar-refractivity contribution in [1.82, 2.24) is 0 Å². The van der Waals surface area contributed by atoms with E-state index < -0.39 is 0 Å². The summed E-state index contributed by atoms with van der Waals surface area (Å²) in [6.07, 6.45) is 3.83. The lowest BCUT2D eigenvalue weighted by atomic mass is 9.95. The molecule has 0 heterocycles. The maximum atomic E-state index is 9.17. The summed E-state index contributed by atoms with van der Waals surface area (Å²) in [7, 11) is 0. The fraction of sp³-hybridized carbons (Fsp3) is 0.333. The van der Waals surface area contributed by atoms with Crippen molar-refractivity contribution in [3.63, 3.8) is 0 Å². The van der Waals surface area contributed by atoms with Gasteiger partial charge in [0.2, 0.25) is 0 Å². The highest BCUT2D eigenvalue weighted by molar-refractivity contribution is 5.19. The molecule has 1 nitrogen and oxygen atoms in total. The summed E-state index contributed by atoms with van der Waals surface area (Å²) in [6.45, 7) is 3.90. The SMILES string of the molecule is C=CCCC(CO)c1ccccc1. The largest absolute Gasteiger partial charge is 0.396 e. The van der Waals surface area contributed by atoms with E-state index in [9.17, 15) is 5.11 Å². The zero-order valence-corrected chi connectivity index (χ0v) is 7.82. The van der Waals surface area contributed by atoms with Gasteiger partial charge in [-0.25, -0.2) is 0 Å². The summed E-state index contributed by atoms with van der Waals surface area (Å²) in [5.41, 5.74) is 1.21. The third-order valence-corrected chi connectivity index (χ3v) is 2.21. The van der Waals surface area contributed by atoms with Gasteiger partial charge < -0.3 is 5.11 Å². The van der Waals surface area contributed by atoms with Gasteiger partial charge in [0.15, 0.2) is 0 Å². The van der Waals surface area contributed by atoms with Gasteiger partial charge in [-0.1, -0.05) is 36.4 Å². The Morgan fingerprint density at radius 1 is 1.31 bits per heavy atom. The van der Waals surface area contributed by atoms with E-state index >= 15 is 0 Å². The standard InChI is InChI=1S/C12H16O/c1-2-3-7-12(10-13)11-8-5-4-6-9-11/h2,4-6,8-9,12-13H,1,3,7,10H2. The maximum absolute atomic E-state index is 9.17. The van der Waals surface area contributed by atoms with Gasteiger partial charge in [0, 0.05) is 12.5 Å². The minimum atomic E-state index is 0.220. The molecule has 13 heavy (non-hydrogen) atoms. The van der Waals surface area contributed by atoms with Crippen LogP contribution < -0.4 is 0 Å². The van der Waals surface area contributed by atoms with Gasteiger partial charge in [-0.2, -0.15) is 0 Å². The van der Waals surface area contributed by atoms with Crippen LogP contribution in [-0.4, -0.2) is 11.7 Å². The molecule has 0 fully saturated rings. The van der Waals surface area contributed by atoms with Crippen molar-refractivity contribution in [2.24, 2.45) is 0 Å². The Bertz CT molecular complexity index is 241. The lowest BCUT2D eigenvalue weighted by Gasteiger charge is -2.12. The highest BCUT2D eigenvalue weighted by Gasteiger charge is 2.07. The molecule has 0 aromatic heterocycles. The van der Waals surface area contributed by atoms with Crippen LogP contribution in [0.4, 0.5) is 0 Å². The third kappa shape index (κ3) is 3.03. The Kier molecular flexibility index (Phi) is 4.27. The molecule has 0 amide bonds. The quantitative estimate of drug-likeness (QED) is 0.684. The second kappa shape index (κ2) is 5.55. The smallest absolute Gasteiger partial charge is 0.0499 e. The van der Waals surface area contributed by atoms with Crippen LogP contribution in [0.25, 0.3) is 0 Å². The number of rotatable bonds is 5. The summed E-state index contributed by atoms with van der Waals surface area (Å²) >= 11 is 0. The van der Waals surface area contributed by atoms with E-state index in [0.29, 0.717) is 0 Å². The number of aliphatic hydroxyl groups excluding tert-OH is 1. The second-order valence-corrected chi connectivity index (χ2v) is 3.16. The molecule has 70 valence electrons. The minimum absolute atomic E-state index is 0.220. The van der Waals surface area contributed by atoms with E-state index in [1.165, 1.54) is 5.56 Å². The van der Waals surface area contributed by atoms with E-state index in [4.69, 9.17) is 0 Å². The normalized spacial score (nSPS) is 12.4. The molecule has 0 radical (unpaired) electrons. The Hall–Kier alpha value is -1.08. The summed E-state index contributed by atoms with van der Waals surface area (Å²) in [6, 6.07) is 10.1. The van der Waals surface area contributed by atoms with E-state index in [2.05, 4.69) is 18.7 Å². The first-order valence-corrected chi connectivity index (χ1v) is 4.65. The van der Waals surface area contributed by atoms with Crippen LogP contribution in [0.5, 0.6) is 0 Å². The van der Waals surface area contributed by atoms with Crippen molar-refractivity contribution >= 4 is 0 Å². The molecule has 1 aromatic rings. The van der Waals surface area contributed by atoms with Gasteiger partial charge in [0.05, 0.1) is 0 Å². The first kappa shape index (κ1) is 10.0. The number of hydrogen-bond acceptors (Lipinski definition) is 1.